The molecule has 3 nitrogen and oxygen atoms in total. The number of guanidine groups is 1. The van der Waals surface area contributed by atoms with Gasteiger partial charge in [0.25, 0.3) is 0 Å². The zero-order chi connectivity index (χ0) is 14.8. The van der Waals surface area contributed by atoms with E-state index in [2.05, 4.69) is 22.1 Å². The van der Waals surface area contributed by atoms with Crippen LogP contribution in [-0.2, 0) is 0 Å². The van der Waals surface area contributed by atoms with E-state index in [1.165, 1.54) is 12.8 Å². The lowest BCUT2D eigenvalue weighted by molar-refractivity contribution is 0.265. The second kappa shape index (κ2) is 6.04. The maximum absolute atomic E-state index is 13.8. The van der Waals surface area contributed by atoms with Gasteiger partial charge >= 0.3 is 0 Å². The second-order valence-electron chi connectivity index (χ2n) is 6.36. The Kier molecular flexibility index (Phi) is 4.13. The van der Waals surface area contributed by atoms with Crippen molar-refractivity contribution in [3.63, 3.8) is 0 Å². The minimum Gasteiger partial charge on any atom is -0.353 e. The van der Waals surface area contributed by atoms with Gasteiger partial charge in [-0.15, -0.1) is 0 Å². The van der Waals surface area contributed by atoms with Gasteiger partial charge in [0, 0.05) is 32.1 Å². The summed E-state index contributed by atoms with van der Waals surface area (Å²) in [4.78, 5) is 6.75. The maximum Gasteiger partial charge on any atom is 0.193 e. The van der Waals surface area contributed by atoms with Crippen LogP contribution in [0.1, 0.15) is 37.7 Å². The van der Waals surface area contributed by atoms with E-state index in [4.69, 9.17) is 0 Å². The van der Waals surface area contributed by atoms with Crippen LogP contribution in [-0.4, -0.2) is 37.0 Å². The van der Waals surface area contributed by atoms with Crippen LogP contribution in [0, 0.1) is 11.7 Å². The molecule has 1 aliphatic heterocycles. The highest BCUT2D eigenvalue weighted by atomic mass is 19.1. The highest BCUT2D eigenvalue weighted by Crippen LogP contribution is 2.41. The molecule has 1 N–H and O–H groups in total. The molecule has 3 atom stereocenters. The van der Waals surface area contributed by atoms with E-state index in [0.717, 1.165) is 37.0 Å². The average Bonchev–Trinajstić information content (AvgIpc) is 3.24. The van der Waals surface area contributed by atoms with Gasteiger partial charge < -0.3 is 10.2 Å². The van der Waals surface area contributed by atoms with Crippen molar-refractivity contribution >= 4 is 5.96 Å². The molecule has 1 aromatic carbocycles. The van der Waals surface area contributed by atoms with Gasteiger partial charge in [0.15, 0.2) is 5.96 Å². The standard InChI is InChI=1S/C17H24FN3/c1-12-6-5-9-21(11-12)17(19-2)20-16-10-14(16)13-7-3-4-8-15(13)18/h3-4,7-8,12,14,16H,5-6,9-11H2,1-2H3,(H,19,20). The summed E-state index contributed by atoms with van der Waals surface area (Å²) >= 11 is 0. The third-order valence-corrected chi connectivity index (χ3v) is 4.58. The van der Waals surface area contributed by atoms with Gasteiger partial charge in [-0.25, -0.2) is 4.39 Å². The Morgan fingerprint density at radius 3 is 2.90 bits per heavy atom. The molecule has 4 heteroatoms. The number of piperidine rings is 1. The first-order chi connectivity index (χ1) is 10.2. The summed E-state index contributed by atoms with van der Waals surface area (Å²) in [6, 6.07) is 7.42. The molecule has 1 heterocycles. The van der Waals surface area contributed by atoms with E-state index in [9.17, 15) is 4.39 Å². The van der Waals surface area contributed by atoms with Crippen molar-refractivity contribution in [2.24, 2.45) is 10.9 Å². The van der Waals surface area contributed by atoms with Crippen LogP contribution in [0.2, 0.25) is 0 Å². The molecule has 1 saturated carbocycles. The maximum atomic E-state index is 13.8. The van der Waals surface area contributed by atoms with Gasteiger partial charge in [-0.05, 0) is 36.8 Å². The van der Waals surface area contributed by atoms with Gasteiger partial charge in [-0.3, -0.25) is 4.99 Å². The molecule has 2 aliphatic rings. The van der Waals surface area contributed by atoms with Gasteiger partial charge in [0.2, 0.25) is 0 Å². The number of halogens is 1. The topological polar surface area (TPSA) is 27.6 Å². The normalized spacial score (nSPS) is 29.4. The lowest BCUT2D eigenvalue weighted by Gasteiger charge is -2.33. The number of nitrogens with one attached hydrogen (secondary N) is 1. The summed E-state index contributed by atoms with van der Waals surface area (Å²) in [7, 11) is 1.84. The highest BCUT2D eigenvalue weighted by molar-refractivity contribution is 5.80. The van der Waals surface area contributed by atoms with Crippen molar-refractivity contribution in [2.75, 3.05) is 20.1 Å². The van der Waals surface area contributed by atoms with E-state index in [-0.39, 0.29) is 11.7 Å². The van der Waals surface area contributed by atoms with Crippen molar-refractivity contribution in [2.45, 2.75) is 38.1 Å². The molecule has 1 aromatic rings. The molecule has 3 rings (SSSR count). The van der Waals surface area contributed by atoms with Crippen LogP contribution in [0.15, 0.2) is 29.3 Å². The first kappa shape index (κ1) is 14.4. The minimum absolute atomic E-state index is 0.0895. The van der Waals surface area contributed by atoms with Gasteiger partial charge in [-0.2, -0.15) is 0 Å². The number of aliphatic imine (C=N–C) groups is 1. The van der Waals surface area contributed by atoms with Crippen molar-refractivity contribution < 1.29 is 4.39 Å². The summed E-state index contributed by atoms with van der Waals surface area (Å²) in [5, 5.41) is 3.52. The number of nitrogens with zero attached hydrogens (tertiary/aromatic N) is 2. The summed E-state index contributed by atoms with van der Waals surface area (Å²) in [6.07, 6.45) is 3.52. The molecule has 0 bridgehead atoms. The summed E-state index contributed by atoms with van der Waals surface area (Å²) < 4.78 is 13.8. The van der Waals surface area contributed by atoms with Crippen molar-refractivity contribution in [1.29, 1.82) is 0 Å². The molecule has 1 aliphatic carbocycles. The number of hydrogen-bond acceptors (Lipinski definition) is 1. The van der Waals surface area contributed by atoms with E-state index in [1.807, 2.05) is 19.2 Å². The van der Waals surface area contributed by atoms with Crippen LogP contribution >= 0.6 is 0 Å². The first-order valence-electron chi connectivity index (χ1n) is 7.91. The van der Waals surface area contributed by atoms with Crippen LogP contribution in [0.5, 0.6) is 0 Å². The van der Waals surface area contributed by atoms with Crippen molar-refractivity contribution in [3.05, 3.63) is 35.6 Å². The molecule has 3 unspecified atom stereocenters. The monoisotopic (exact) mass is 289 g/mol. The number of hydrogen-bond donors (Lipinski definition) is 1. The van der Waals surface area contributed by atoms with Crippen LogP contribution in [0.4, 0.5) is 4.39 Å². The van der Waals surface area contributed by atoms with E-state index in [0.29, 0.717) is 6.04 Å². The smallest absolute Gasteiger partial charge is 0.193 e. The average molecular weight is 289 g/mol. The summed E-state index contributed by atoms with van der Waals surface area (Å²) in [5.74, 6) is 1.89. The molecule has 0 amide bonds. The van der Waals surface area contributed by atoms with E-state index in [1.54, 1.807) is 12.1 Å². The fraction of sp³-hybridized carbons (Fsp3) is 0.588. The molecular formula is C17H24FN3. The predicted molar refractivity (Wildman–Crippen MR) is 84.0 cm³/mol. The Hall–Kier alpha value is -1.58. The van der Waals surface area contributed by atoms with Gasteiger partial charge in [-0.1, -0.05) is 25.1 Å². The number of benzene rings is 1. The molecular weight excluding hydrogens is 265 g/mol. The Balaban J connectivity index is 1.61. The van der Waals surface area contributed by atoms with Gasteiger partial charge in [0.1, 0.15) is 5.82 Å². The molecule has 114 valence electrons. The number of rotatable bonds is 2. The van der Waals surface area contributed by atoms with E-state index < -0.39 is 0 Å². The summed E-state index contributed by atoms with van der Waals surface area (Å²) in [6.45, 7) is 4.43. The van der Waals surface area contributed by atoms with Crippen molar-refractivity contribution in [3.8, 4) is 0 Å². The largest absolute Gasteiger partial charge is 0.353 e. The predicted octanol–water partition coefficient (Wildman–Crippen LogP) is 2.99. The quantitative estimate of drug-likeness (QED) is 0.669. The highest BCUT2D eigenvalue weighted by Gasteiger charge is 2.41. The second-order valence-corrected chi connectivity index (χ2v) is 6.36. The van der Waals surface area contributed by atoms with Gasteiger partial charge in [0.05, 0.1) is 0 Å². The molecule has 1 saturated heterocycles. The number of likely N-dealkylation sites (tertiary alicyclic amines) is 1. The van der Waals surface area contributed by atoms with Crippen LogP contribution in [0.25, 0.3) is 0 Å². The fourth-order valence-electron chi connectivity index (χ4n) is 3.32. The molecule has 0 radical (unpaired) electrons. The van der Waals surface area contributed by atoms with Crippen molar-refractivity contribution in [1.82, 2.24) is 10.2 Å². The third kappa shape index (κ3) is 3.20. The zero-order valence-electron chi connectivity index (χ0n) is 12.8. The minimum atomic E-state index is -0.0895. The Bertz CT molecular complexity index is 529. The molecule has 2 fully saturated rings. The van der Waals surface area contributed by atoms with Crippen LogP contribution in [0.3, 0.4) is 0 Å². The molecule has 21 heavy (non-hydrogen) atoms. The molecule has 0 aromatic heterocycles. The Morgan fingerprint density at radius 1 is 1.38 bits per heavy atom. The lowest BCUT2D eigenvalue weighted by atomic mass is 10.0. The Labute approximate surface area is 126 Å². The fourth-order valence-corrected chi connectivity index (χ4v) is 3.32. The first-order valence-corrected chi connectivity index (χ1v) is 7.91. The lowest BCUT2D eigenvalue weighted by Crippen LogP contribution is -2.47. The Morgan fingerprint density at radius 2 is 2.19 bits per heavy atom. The molecule has 0 spiro atoms. The summed E-state index contributed by atoms with van der Waals surface area (Å²) in [5.41, 5.74) is 0.831. The third-order valence-electron chi connectivity index (χ3n) is 4.58. The SMILES string of the molecule is CN=C(NC1CC1c1ccccc1F)N1CCCC(C)C1. The van der Waals surface area contributed by atoms with Crippen LogP contribution < -0.4 is 5.32 Å². The zero-order valence-corrected chi connectivity index (χ0v) is 12.8. The van der Waals surface area contributed by atoms with E-state index >= 15 is 0 Å².